The Morgan fingerprint density at radius 2 is 1.67 bits per heavy atom. The highest BCUT2D eigenvalue weighted by molar-refractivity contribution is 5.93. The van der Waals surface area contributed by atoms with Crippen LogP contribution in [0.2, 0.25) is 0 Å². The molecule has 2 aromatic carbocycles. The van der Waals surface area contributed by atoms with Gasteiger partial charge in [0.1, 0.15) is 5.82 Å². The number of esters is 1. The third-order valence-corrected chi connectivity index (χ3v) is 3.92. The fourth-order valence-corrected chi connectivity index (χ4v) is 2.52. The summed E-state index contributed by atoms with van der Waals surface area (Å²) in [6.07, 6.45) is 0.133. The maximum absolute atomic E-state index is 12.9. The lowest BCUT2D eigenvalue weighted by atomic mass is 10.1. The van der Waals surface area contributed by atoms with E-state index < -0.39 is 5.97 Å². The highest BCUT2D eigenvalue weighted by Gasteiger charge is 2.13. The number of nitrogens with zero attached hydrogens (tertiary/aromatic N) is 1. The first-order chi connectivity index (χ1) is 12.9. The van der Waals surface area contributed by atoms with E-state index in [1.807, 2.05) is 0 Å². The number of hydrogen-bond acceptors (Lipinski definition) is 4. The normalized spacial score (nSPS) is 10.2. The van der Waals surface area contributed by atoms with Crippen LogP contribution in [-0.2, 0) is 20.7 Å². The largest absolute Gasteiger partial charge is 0.465 e. The SMILES string of the molecule is COC(=O)c1ccc(N(CCNC(=O)Cc2ccc(F)cc2)C(C)=O)cc1. The molecule has 27 heavy (non-hydrogen) atoms. The van der Waals surface area contributed by atoms with Crippen LogP contribution in [0, 0.1) is 5.82 Å². The summed E-state index contributed by atoms with van der Waals surface area (Å²) in [6, 6.07) is 12.2. The molecule has 2 aromatic rings. The Labute approximate surface area is 156 Å². The number of nitrogens with one attached hydrogen (secondary N) is 1. The molecule has 0 heterocycles. The predicted octanol–water partition coefficient (Wildman–Crippen LogP) is 2.32. The van der Waals surface area contributed by atoms with Gasteiger partial charge in [-0.05, 0) is 42.0 Å². The lowest BCUT2D eigenvalue weighted by Gasteiger charge is -2.21. The van der Waals surface area contributed by atoms with Gasteiger partial charge in [0.2, 0.25) is 11.8 Å². The number of methoxy groups -OCH3 is 1. The third-order valence-electron chi connectivity index (χ3n) is 3.92. The minimum Gasteiger partial charge on any atom is -0.465 e. The third kappa shape index (κ3) is 5.91. The van der Waals surface area contributed by atoms with Crippen molar-refractivity contribution in [1.29, 1.82) is 0 Å². The quantitative estimate of drug-likeness (QED) is 0.757. The molecule has 2 amide bonds. The van der Waals surface area contributed by atoms with Crippen LogP contribution in [0.25, 0.3) is 0 Å². The van der Waals surface area contributed by atoms with Crippen LogP contribution in [-0.4, -0.2) is 38.0 Å². The molecule has 7 heteroatoms. The first-order valence-electron chi connectivity index (χ1n) is 8.38. The van der Waals surface area contributed by atoms with Gasteiger partial charge in [0.15, 0.2) is 0 Å². The number of anilines is 1. The molecule has 0 aliphatic carbocycles. The fourth-order valence-electron chi connectivity index (χ4n) is 2.52. The van der Waals surface area contributed by atoms with Crippen LogP contribution in [0.3, 0.4) is 0 Å². The van der Waals surface area contributed by atoms with Gasteiger partial charge in [0, 0.05) is 25.7 Å². The van der Waals surface area contributed by atoms with Gasteiger partial charge in [-0.25, -0.2) is 9.18 Å². The van der Waals surface area contributed by atoms with Crippen LogP contribution in [0.5, 0.6) is 0 Å². The van der Waals surface area contributed by atoms with Crippen molar-refractivity contribution in [2.45, 2.75) is 13.3 Å². The molecule has 0 unspecified atom stereocenters. The van der Waals surface area contributed by atoms with E-state index in [4.69, 9.17) is 0 Å². The second kappa shape index (κ2) is 9.47. The lowest BCUT2D eigenvalue weighted by molar-refractivity contribution is -0.121. The van der Waals surface area contributed by atoms with E-state index in [1.54, 1.807) is 36.4 Å². The molecule has 1 N–H and O–H groups in total. The van der Waals surface area contributed by atoms with Crippen molar-refractivity contribution in [1.82, 2.24) is 5.32 Å². The molecule has 0 spiro atoms. The zero-order valence-corrected chi connectivity index (χ0v) is 15.2. The Kier molecular flexibility index (Phi) is 7.05. The average Bonchev–Trinajstić information content (AvgIpc) is 2.66. The summed E-state index contributed by atoms with van der Waals surface area (Å²) in [5.41, 5.74) is 1.70. The van der Waals surface area contributed by atoms with E-state index in [0.717, 1.165) is 0 Å². The Morgan fingerprint density at radius 1 is 1.04 bits per heavy atom. The summed E-state index contributed by atoms with van der Waals surface area (Å²) in [6.45, 7) is 1.97. The van der Waals surface area contributed by atoms with Crippen molar-refractivity contribution >= 4 is 23.5 Å². The Balaban J connectivity index is 1.90. The first kappa shape index (κ1) is 20.1. The molecule has 0 saturated carbocycles. The van der Waals surface area contributed by atoms with E-state index >= 15 is 0 Å². The van der Waals surface area contributed by atoms with E-state index in [1.165, 1.54) is 31.1 Å². The Morgan fingerprint density at radius 3 is 2.22 bits per heavy atom. The van der Waals surface area contributed by atoms with Crippen LogP contribution in [0.15, 0.2) is 48.5 Å². The number of benzene rings is 2. The summed E-state index contributed by atoms with van der Waals surface area (Å²) < 4.78 is 17.5. The molecule has 0 bridgehead atoms. The number of ether oxygens (including phenoxy) is 1. The van der Waals surface area contributed by atoms with Crippen molar-refractivity contribution < 1.29 is 23.5 Å². The van der Waals surface area contributed by atoms with Crippen molar-refractivity contribution in [2.75, 3.05) is 25.1 Å². The van der Waals surface area contributed by atoms with Gasteiger partial charge in [0.05, 0.1) is 19.1 Å². The van der Waals surface area contributed by atoms with E-state index in [9.17, 15) is 18.8 Å². The number of rotatable bonds is 7. The number of hydrogen-bond donors (Lipinski definition) is 1. The van der Waals surface area contributed by atoms with Crippen molar-refractivity contribution in [3.63, 3.8) is 0 Å². The fraction of sp³-hybridized carbons (Fsp3) is 0.250. The van der Waals surface area contributed by atoms with E-state index in [2.05, 4.69) is 10.1 Å². The number of carbonyl (C=O) groups excluding carboxylic acids is 3. The van der Waals surface area contributed by atoms with Gasteiger partial charge in [0.25, 0.3) is 0 Å². The average molecular weight is 372 g/mol. The maximum atomic E-state index is 12.9. The van der Waals surface area contributed by atoms with Crippen molar-refractivity contribution in [2.24, 2.45) is 0 Å². The molecule has 0 aromatic heterocycles. The molecule has 6 nitrogen and oxygen atoms in total. The van der Waals surface area contributed by atoms with Crippen LogP contribution in [0.1, 0.15) is 22.8 Å². The molecule has 0 aliphatic rings. The standard InChI is InChI=1S/C20H21FN2O4/c1-14(24)23(18-9-5-16(6-10-18)20(26)27-2)12-11-22-19(25)13-15-3-7-17(21)8-4-15/h3-10H,11-13H2,1-2H3,(H,22,25). The summed E-state index contributed by atoms with van der Waals surface area (Å²) in [7, 11) is 1.30. The molecule has 2 rings (SSSR count). The summed E-state index contributed by atoms with van der Waals surface area (Å²) in [5, 5.41) is 2.74. The second-order valence-corrected chi connectivity index (χ2v) is 5.86. The number of carbonyl (C=O) groups is 3. The van der Waals surface area contributed by atoms with Gasteiger partial charge in [-0.3, -0.25) is 9.59 Å². The van der Waals surface area contributed by atoms with Crippen molar-refractivity contribution in [3.05, 3.63) is 65.5 Å². The molecule has 0 radical (unpaired) electrons. The summed E-state index contributed by atoms with van der Waals surface area (Å²) in [5.74, 6) is -1.21. The smallest absolute Gasteiger partial charge is 0.337 e. The molecule has 0 fully saturated rings. The lowest BCUT2D eigenvalue weighted by Crippen LogP contribution is -2.38. The molecule has 142 valence electrons. The van der Waals surface area contributed by atoms with E-state index in [0.29, 0.717) is 16.8 Å². The molecule has 0 atom stereocenters. The second-order valence-electron chi connectivity index (χ2n) is 5.86. The predicted molar refractivity (Wildman–Crippen MR) is 98.9 cm³/mol. The summed E-state index contributed by atoms with van der Waals surface area (Å²) >= 11 is 0. The van der Waals surface area contributed by atoms with Gasteiger partial charge >= 0.3 is 5.97 Å². The van der Waals surface area contributed by atoms with Gasteiger partial charge in [-0.15, -0.1) is 0 Å². The van der Waals surface area contributed by atoms with Gasteiger partial charge < -0.3 is 15.0 Å². The Bertz CT molecular complexity index is 804. The highest BCUT2D eigenvalue weighted by Crippen LogP contribution is 2.16. The minimum atomic E-state index is -0.455. The van der Waals surface area contributed by atoms with Crippen molar-refractivity contribution in [3.8, 4) is 0 Å². The van der Waals surface area contributed by atoms with Gasteiger partial charge in [-0.1, -0.05) is 12.1 Å². The monoisotopic (exact) mass is 372 g/mol. The zero-order valence-electron chi connectivity index (χ0n) is 15.2. The first-order valence-corrected chi connectivity index (χ1v) is 8.38. The van der Waals surface area contributed by atoms with Crippen LogP contribution >= 0.6 is 0 Å². The maximum Gasteiger partial charge on any atom is 0.337 e. The summed E-state index contributed by atoms with van der Waals surface area (Å²) in [4.78, 5) is 36.9. The highest BCUT2D eigenvalue weighted by atomic mass is 19.1. The van der Waals surface area contributed by atoms with Gasteiger partial charge in [-0.2, -0.15) is 0 Å². The van der Waals surface area contributed by atoms with Crippen LogP contribution in [0.4, 0.5) is 10.1 Å². The van der Waals surface area contributed by atoms with E-state index in [-0.39, 0.29) is 37.1 Å². The molecule has 0 saturated heterocycles. The minimum absolute atomic E-state index is 0.133. The molecular weight excluding hydrogens is 351 g/mol. The Hall–Kier alpha value is -3.22. The van der Waals surface area contributed by atoms with Crippen LogP contribution < -0.4 is 10.2 Å². The number of halogens is 1. The zero-order chi connectivity index (χ0) is 19.8. The molecular formula is C20H21FN2O4. The molecule has 0 aliphatic heterocycles. The number of amides is 2. The topological polar surface area (TPSA) is 75.7 Å².